The van der Waals surface area contributed by atoms with Crippen LogP contribution < -0.4 is 0 Å². The van der Waals surface area contributed by atoms with E-state index in [4.69, 9.17) is 9.05 Å². The van der Waals surface area contributed by atoms with Gasteiger partial charge in [-0.05, 0) is 32.1 Å². The molecule has 1 aliphatic heterocycles. The second-order valence-electron chi connectivity index (χ2n) is 9.33. The molecule has 1 fully saturated rings. The predicted molar refractivity (Wildman–Crippen MR) is 131 cm³/mol. The minimum Gasteiger partial charge on any atom is -0.343 e. The molecule has 1 heterocycles. The molecule has 184 valence electrons. The minimum absolute atomic E-state index is 0.0161. The molecule has 0 bridgehead atoms. The highest BCUT2D eigenvalue weighted by Gasteiger charge is 2.29. The summed E-state index contributed by atoms with van der Waals surface area (Å²) in [5, 5.41) is 0. The lowest BCUT2D eigenvalue weighted by Gasteiger charge is -2.26. The van der Waals surface area contributed by atoms with Gasteiger partial charge in [-0.1, -0.05) is 84.0 Å². The first-order valence-electron chi connectivity index (χ1n) is 13.0. The number of rotatable bonds is 19. The molecule has 0 aromatic heterocycles. The number of piperidine rings is 1. The van der Waals surface area contributed by atoms with Gasteiger partial charge in [0, 0.05) is 33.7 Å². The Morgan fingerprint density at radius 1 is 0.742 bits per heavy atom. The van der Waals surface area contributed by atoms with Crippen LogP contribution in [0.4, 0.5) is 0 Å². The maximum atomic E-state index is 12.2. The van der Waals surface area contributed by atoms with E-state index in [0.717, 1.165) is 38.8 Å². The summed E-state index contributed by atoms with van der Waals surface area (Å²) in [6, 6.07) is 0. The standard InChI is InChI=1S/C25H50NO4P/c1-24(31(28,29-2)30-3)20-16-13-11-9-7-5-4-6-8-10-12-14-17-21-25(27)26-22-18-15-19-23-26/h24H,4-23H2,1-3H3. The largest absolute Gasteiger partial charge is 0.343 e. The fraction of sp³-hybridized carbons (Fsp3) is 0.960. The highest BCUT2D eigenvalue weighted by molar-refractivity contribution is 7.54. The first-order valence-corrected chi connectivity index (χ1v) is 14.6. The van der Waals surface area contributed by atoms with Crippen LogP contribution in [0.1, 0.15) is 122 Å². The van der Waals surface area contributed by atoms with Crippen molar-refractivity contribution in [2.45, 2.75) is 128 Å². The number of unbranched alkanes of at least 4 members (excludes halogenated alkanes) is 12. The molecule has 1 aliphatic rings. The Morgan fingerprint density at radius 3 is 1.61 bits per heavy atom. The number of carbonyl (C=O) groups excluding carboxylic acids is 1. The van der Waals surface area contributed by atoms with Gasteiger partial charge in [-0.15, -0.1) is 0 Å². The van der Waals surface area contributed by atoms with Crippen LogP contribution in [-0.4, -0.2) is 43.8 Å². The maximum Gasteiger partial charge on any atom is 0.332 e. The second kappa shape index (κ2) is 18.1. The van der Waals surface area contributed by atoms with Crippen molar-refractivity contribution < 1.29 is 18.4 Å². The Kier molecular flexibility index (Phi) is 16.7. The third kappa shape index (κ3) is 13.0. The zero-order valence-electron chi connectivity index (χ0n) is 20.7. The molecule has 0 aliphatic carbocycles. The number of carbonyl (C=O) groups is 1. The molecule has 5 nitrogen and oxygen atoms in total. The normalized spacial score (nSPS) is 15.9. The van der Waals surface area contributed by atoms with Gasteiger partial charge in [0.2, 0.25) is 5.91 Å². The first-order chi connectivity index (χ1) is 15.0. The molecule has 6 heteroatoms. The van der Waals surface area contributed by atoms with E-state index in [1.165, 1.54) is 104 Å². The Labute approximate surface area is 192 Å². The van der Waals surface area contributed by atoms with Gasteiger partial charge in [0.15, 0.2) is 0 Å². The van der Waals surface area contributed by atoms with Crippen LogP contribution in [0.5, 0.6) is 0 Å². The third-order valence-corrected chi connectivity index (χ3v) is 9.13. The van der Waals surface area contributed by atoms with Crippen LogP contribution in [0, 0.1) is 0 Å². The average Bonchev–Trinajstić information content (AvgIpc) is 2.81. The average molecular weight is 460 g/mol. The van der Waals surface area contributed by atoms with Gasteiger partial charge in [-0.2, -0.15) is 0 Å². The quantitative estimate of drug-likeness (QED) is 0.146. The Balaban J connectivity index is 1.80. The SMILES string of the molecule is COP(=O)(OC)C(C)CCCCCCCCCCCCCCCC(=O)N1CCCCC1. The smallest absolute Gasteiger partial charge is 0.332 e. The summed E-state index contributed by atoms with van der Waals surface area (Å²) in [7, 11) is 0.0588. The maximum absolute atomic E-state index is 12.2. The Bertz CT molecular complexity index is 486. The van der Waals surface area contributed by atoms with Gasteiger partial charge in [-0.25, -0.2) is 0 Å². The summed E-state index contributed by atoms with van der Waals surface area (Å²) >= 11 is 0. The van der Waals surface area contributed by atoms with Crippen LogP contribution in [-0.2, 0) is 18.4 Å². The van der Waals surface area contributed by atoms with Crippen LogP contribution in [0.3, 0.4) is 0 Å². The zero-order valence-corrected chi connectivity index (χ0v) is 21.6. The van der Waals surface area contributed by atoms with Crippen LogP contribution in [0.15, 0.2) is 0 Å². The van der Waals surface area contributed by atoms with Crippen molar-refractivity contribution in [1.82, 2.24) is 4.90 Å². The van der Waals surface area contributed by atoms with E-state index in [0.29, 0.717) is 5.91 Å². The molecule has 31 heavy (non-hydrogen) atoms. The summed E-state index contributed by atoms with van der Waals surface area (Å²) in [5.41, 5.74) is -0.0161. The molecule has 1 saturated heterocycles. The van der Waals surface area contributed by atoms with E-state index in [-0.39, 0.29) is 5.66 Å². The highest BCUT2D eigenvalue weighted by Crippen LogP contribution is 2.53. The summed E-state index contributed by atoms with van der Waals surface area (Å²) in [4.78, 5) is 14.2. The number of hydrogen-bond acceptors (Lipinski definition) is 4. The van der Waals surface area contributed by atoms with E-state index < -0.39 is 7.60 Å². The summed E-state index contributed by atoms with van der Waals surface area (Å²) in [6.07, 6.45) is 21.9. The summed E-state index contributed by atoms with van der Waals surface area (Å²) in [5.74, 6) is 0.388. The molecule has 0 aromatic carbocycles. The monoisotopic (exact) mass is 459 g/mol. The van der Waals surface area contributed by atoms with Gasteiger partial charge in [0.05, 0.1) is 5.66 Å². The lowest BCUT2D eigenvalue weighted by molar-refractivity contribution is -0.132. The van der Waals surface area contributed by atoms with Crippen molar-refractivity contribution >= 4 is 13.5 Å². The predicted octanol–water partition coefficient (Wildman–Crippen LogP) is 7.72. The molecule has 0 spiro atoms. The van der Waals surface area contributed by atoms with Crippen LogP contribution >= 0.6 is 7.60 Å². The van der Waals surface area contributed by atoms with E-state index in [9.17, 15) is 9.36 Å². The molecule has 0 N–H and O–H groups in total. The van der Waals surface area contributed by atoms with Gasteiger partial charge >= 0.3 is 7.60 Å². The molecule has 1 atom stereocenters. The molecule has 1 rings (SSSR count). The van der Waals surface area contributed by atoms with Gasteiger partial charge < -0.3 is 13.9 Å². The third-order valence-electron chi connectivity index (χ3n) is 6.77. The van der Waals surface area contributed by atoms with Gasteiger partial charge in [-0.3, -0.25) is 9.36 Å². The van der Waals surface area contributed by atoms with Crippen molar-refractivity contribution in [2.75, 3.05) is 27.3 Å². The van der Waals surface area contributed by atoms with E-state index in [1.807, 2.05) is 6.92 Å². The number of amides is 1. The lowest BCUT2D eigenvalue weighted by atomic mass is 10.0. The fourth-order valence-corrected chi connectivity index (χ4v) is 5.92. The lowest BCUT2D eigenvalue weighted by Crippen LogP contribution is -2.35. The molecule has 0 aromatic rings. The topological polar surface area (TPSA) is 55.8 Å². The Hall–Kier alpha value is -0.380. The van der Waals surface area contributed by atoms with Crippen molar-refractivity contribution in [3.8, 4) is 0 Å². The molecule has 1 unspecified atom stereocenters. The van der Waals surface area contributed by atoms with Crippen LogP contribution in [0.2, 0.25) is 0 Å². The second-order valence-corrected chi connectivity index (χ2v) is 12.0. The fourth-order valence-electron chi connectivity index (χ4n) is 4.55. The van der Waals surface area contributed by atoms with E-state index >= 15 is 0 Å². The molecule has 0 saturated carbocycles. The van der Waals surface area contributed by atoms with E-state index in [1.54, 1.807) is 0 Å². The van der Waals surface area contributed by atoms with E-state index in [2.05, 4.69) is 4.90 Å². The zero-order chi connectivity index (χ0) is 22.8. The van der Waals surface area contributed by atoms with Crippen molar-refractivity contribution in [3.63, 3.8) is 0 Å². The first kappa shape index (κ1) is 28.7. The molecule has 1 amide bonds. The summed E-state index contributed by atoms with van der Waals surface area (Å²) < 4.78 is 22.4. The number of likely N-dealkylation sites (tertiary alicyclic amines) is 1. The van der Waals surface area contributed by atoms with Gasteiger partial charge in [0.1, 0.15) is 0 Å². The molecule has 0 radical (unpaired) electrons. The number of hydrogen-bond donors (Lipinski definition) is 0. The number of nitrogens with zero attached hydrogens (tertiary/aromatic N) is 1. The van der Waals surface area contributed by atoms with Crippen molar-refractivity contribution in [2.24, 2.45) is 0 Å². The molecular weight excluding hydrogens is 409 g/mol. The van der Waals surface area contributed by atoms with Crippen molar-refractivity contribution in [3.05, 3.63) is 0 Å². The van der Waals surface area contributed by atoms with Gasteiger partial charge in [0.25, 0.3) is 0 Å². The highest BCUT2D eigenvalue weighted by atomic mass is 31.2. The molecular formula is C25H50NO4P. The van der Waals surface area contributed by atoms with Crippen LogP contribution in [0.25, 0.3) is 0 Å². The minimum atomic E-state index is -2.89. The summed E-state index contributed by atoms with van der Waals surface area (Å²) in [6.45, 7) is 3.94. The van der Waals surface area contributed by atoms with Crippen molar-refractivity contribution in [1.29, 1.82) is 0 Å². The Morgan fingerprint density at radius 2 is 1.16 bits per heavy atom.